The predicted molar refractivity (Wildman–Crippen MR) is 140 cm³/mol. The standard InChI is InChI=1S/C30H34N2O4/c1-4-21-19-32(29(34)22-9-7-6-8-10-22)16-14-23(21)18-26(30(35)36-5-2)28(33)24-13-15-31-27-12-11-20(3)17-25(24)27/h6-13,15,17,21,23,26H,4-5,14,16,18-19H2,1-3H3. The molecule has 6 nitrogen and oxygen atoms in total. The Bertz CT molecular complexity index is 1240. The van der Waals surface area contributed by atoms with Crippen molar-refractivity contribution in [2.24, 2.45) is 17.8 Å². The Morgan fingerprint density at radius 2 is 1.83 bits per heavy atom. The maximum absolute atomic E-state index is 13.8. The summed E-state index contributed by atoms with van der Waals surface area (Å²) in [6.07, 6.45) is 3.65. The first-order valence-electron chi connectivity index (χ1n) is 12.8. The number of ether oxygens (including phenoxy) is 1. The van der Waals surface area contributed by atoms with E-state index in [4.69, 9.17) is 4.74 Å². The molecular weight excluding hydrogens is 452 g/mol. The van der Waals surface area contributed by atoms with Crippen molar-refractivity contribution < 1.29 is 19.1 Å². The van der Waals surface area contributed by atoms with Crippen LogP contribution in [-0.4, -0.2) is 47.2 Å². The van der Waals surface area contributed by atoms with Gasteiger partial charge >= 0.3 is 5.97 Å². The van der Waals surface area contributed by atoms with E-state index in [0.29, 0.717) is 30.6 Å². The van der Waals surface area contributed by atoms with E-state index in [1.807, 2.05) is 60.4 Å². The van der Waals surface area contributed by atoms with Gasteiger partial charge in [0.05, 0.1) is 12.1 Å². The van der Waals surface area contributed by atoms with E-state index in [1.54, 1.807) is 19.2 Å². The van der Waals surface area contributed by atoms with Crippen LogP contribution in [0.4, 0.5) is 0 Å². The number of piperidine rings is 1. The second-order valence-corrected chi connectivity index (χ2v) is 9.62. The number of carbonyl (C=O) groups excluding carboxylic acids is 3. The van der Waals surface area contributed by atoms with Crippen molar-refractivity contribution >= 4 is 28.6 Å². The Morgan fingerprint density at radius 1 is 1.06 bits per heavy atom. The fourth-order valence-electron chi connectivity index (χ4n) is 5.32. The highest BCUT2D eigenvalue weighted by molar-refractivity contribution is 6.14. The van der Waals surface area contributed by atoms with Crippen LogP contribution < -0.4 is 0 Å². The van der Waals surface area contributed by atoms with Gasteiger partial charge in [0.25, 0.3) is 5.91 Å². The Morgan fingerprint density at radius 3 is 2.56 bits per heavy atom. The van der Waals surface area contributed by atoms with Gasteiger partial charge in [0, 0.05) is 35.8 Å². The number of benzene rings is 2. The number of aryl methyl sites for hydroxylation is 1. The molecule has 1 saturated heterocycles. The van der Waals surface area contributed by atoms with Crippen molar-refractivity contribution in [1.29, 1.82) is 0 Å². The summed E-state index contributed by atoms with van der Waals surface area (Å²) in [6, 6.07) is 16.8. The fraction of sp³-hybridized carbons (Fsp3) is 0.400. The number of nitrogens with zero attached hydrogens (tertiary/aromatic N) is 2. The van der Waals surface area contributed by atoms with Crippen LogP contribution in [0.1, 0.15) is 59.4 Å². The number of hydrogen-bond acceptors (Lipinski definition) is 5. The molecule has 0 saturated carbocycles. The normalized spacial score (nSPS) is 18.6. The lowest BCUT2D eigenvalue weighted by atomic mass is 9.76. The lowest BCUT2D eigenvalue weighted by molar-refractivity contribution is -0.147. The molecule has 4 rings (SSSR count). The molecule has 0 radical (unpaired) electrons. The highest BCUT2D eigenvalue weighted by atomic mass is 16.5. The minimum atomic E-state index is -0.883. The van der Waals surface area contributed by atoms with Gasteiger partial charge in [-0.25, -0.2) is 0 Å². The van der Waals surface area contributed by atoms with E-state index >= 15 is 0 Å². The lowest BCUT2D eigenvalue weighted by Crippen LogP contribution is -2.45. The van der Waals surface area contributed by atoms with Crippen LogP contribution in [0.25, 0.3) is 10.9 Å². The molecule has 0 spiro atoms. The molecule has 1 aliphatic heterocycles. The van der Waals surface area contributed by atoms with Gasteiger partial charge in [0.1, 0.15) is 5.92 Å². The third-order valence-corrected chi connectivity index (χ3v) is 7.31. The molecule has 1 aromatic heterocycles. The molecule has 3 unspecified atom stereocenters. The minimum absolute atomic E-state index is 0.0316. The molecule has 2 heterocycles. The number of esters is 1. The second kappa shape index (κ2) is 11.5. The van der Waals surface area contributed by atoms with Gasteiger partial charge in [-0.2, -0.15) is 0 Å². The number of carbonyl (C=O) groups is 3. The predicted octanol–water partition coefficient (Wildman–Crippen LogP) is 5.48. The topological polar surface area (TPSA) is 76.6 Å². The molecule has 188 valence electrons. The summed E-state index contributed by atoms with van der Waals surface area (Å²) in [5, 5.41) is 0.757. The largest absolute Gasteiger partial charge is 0.465 e. The Kier molecular flexibility index (Phi) is 8.14. The maximum atomic E-state index is 13.8. The van der Waals surface area contributed by atoms with Crippen LogP contribution in [-0.2, 0) is 9.53 Å². The van der Waals surface area contributed by atoms with Crippen molar-refractivity contribution in [1.82, 2.24) is 9.88 Å². The molecule has 3 aromatic rings. The molecule has 1 aliphatic rings. The van der Waals surface area contributed by atoms with Crippen molar-refractivity contribution in [3.63, 3.8) is 0 Å². The molecular formula is C30H34N2O4. The second-order valence-electron chi connectivity index (χ2n) is 9.62. The number of rotatable bonds is 8. The number of aromatic nitrogens is 1. The molecule has 0 bridgehead atoms. The number of hydrogen-bond donors (Lipinski definition) is 0. The average Bonchev–Trinajstić information content (AvgIpc) is 2.91. The maximum Gasteiger partial charge on any atom is 0.316 e. The van der Waals surface area contributed by atoms with Crippen LogP contribution >= 0.6 is 0 Å². The van der Waals surface area contributed by atoms with Gasteiger partial charge in [-0.3, -0.25) is 19.4 Å². The summed E-state index contributed by atoms with van der Waals surface area (Å²) >= 11 is 0. The van der Waals surface area contributed by atoms with Crippen molar-refractivity contribution in [3.8, 4) is 0 Å². The van der Waals surface area contributed by atoms with E-state index in [2.05, 4.69) is 11.9 Å². The molecule has 3 atom stereocenters. The van der Waals surface area contributed by atoms with Gasteiger partial charge in [-0.15, -0.1) is 0 Å². The highest BCUT2D eigenvalue weighted by Crippen LogP contribution is 2.34. The van der Waals surface area contributed by atoms with E-state index < -0.39 is 11.9 Å². The molecule has 1 fully saturated rings. The zero-order valence-electron chi connectivity index (χ0n) is 21.3. The quantitative estimate of drug-likeness (QED) is 0.239. The third kappa shape index (κ3) is 5.48. The van der Waals surface area contributed by atoms with Crippen LogP contribution in [0.5, 0.6) is 0 Å². The van der Waals surface area contributed by atoms with E-state index in [-0.39, 0.29) is 30.1 Å². The highest BCUT2D eigenvalue weighted by Gasteiger charge is 2.38. The molecule has 1 amide bonds. The number of amides is 1. The zero-order valence-corrected chi connectivity index (χ0v) is 21.3. The number of likely N-dealkylation sites (tertiary alicyclic amines) is 1. The summed E-state index contributed by atoms with van der Waals surface area (Å²) in [7, 11) is 0. The van der Waals surface area contributed by atoms with Gasteiger partial charge < -0.3 is 9.64 Å². The lowest BCUT2D eigenvalue weighted by Gasteiger charge is -2.39. The van der Waals surface area contributed by atoms with Gasteiger partial charge in [-0.1, -0.05) is 43.2 Å². The Balaban J connectivity index is 1.57. The van der Waals surface area contributed by atoms with E-state index in [1.165, 1.54) is 0 Å². The Hall–Kier alpha value is -3.54. The fourth-order valence-corrected chi connectivity index (χ4v) is 5.32. The van der Waals surface area contributed by atoms with Gasteiger partial charge in [0.15, 0.2) is 5.78 Å². The van der Waals surface area contributed by atoms with Crippen LogP contribution in [0.3, 0.4) is 0 Å². The SMILES string of the molecule is CCOC(=O)C(CC1CCN(C(=O)c2ccccc2)CC1CC)C(=O)c1ccnc2ccc(C)cc12. The van der Waals surface area contributed by atoms with Crippen molar-refractivity contribution in [3.05, 3.63) is 77.5 Å². The summed E-state index contributed by atoms with van der Waals surface area (Å²) in [4.78, 5) is 46.2. The number of ketones is 1. The molecule has 0 N–H and O–H groups in total. The molecule has 2 aromatic carbocycles. The monoisotopic (exact) mass is 486 g/mol. The molecule has 6 heteroatoms. The first kappa shape index (κ1) is 25.5. The van der Waals surface area contributed by atoms with E-state index in [9.17, 15) is 14.4 Å². The minimum Gasteiger partial charge on any atom is -0.465 e. The van der Waals surface area contributed by atoms with E-state index in [0.717, 1.165) is 29.3 Å². The summed E-state index contributed by atoms with van der Waals surface area (Å²) < 4.78 is 5.37. The summed E-state index contributed by atoms with van der Waals surface area (Å²) in [5.74, 6) is -1.20. The third-order valence-electron chi connectivity index (χ3n) is 7.31. The van der Waals surface area contributed by atoms with Gasteiger partial charge in [-0.05, 0) is 68.9 Å². The Labute approximate surface area is 212 Å². The van der Waals surface area contributed by atoms with Crippen LogP contribution in [0.2, 0.25) is 0 Å². The smallest absolute Gasteiger partial charge is 0.316 e. The van der Waals surface area contributed by atoms with Crippen molar-refractivity contribution in [2.75, 3.05) is 19.7 Å². The van der Waals surface area contributed by atoms with Crippen LogP contribution in [0.15, 0.2) is 60.8 Å². The zero-order chi connectivity index (χ0) is 25.7. The van der Waals surface area contributed by atoms with Gasteiger partial charge in [0.2, 0.25) is 0 Å². The summed E-state index contributed by atoms with van der Waals surface area (Å²) in [5.41, 5.74) is 2.95. The first-order valence-corrected chi connectivity index (χ1v) is 12.8. The first-order chi connectivity index (χ1) is 17.4. The summed E-state index contributed by atoms with van der Waals surface area (Å²) in [6.45, 7) is 7.29. The number of fused-ring (bicyclic) bond motifs is 1. The molecule has 36 heavy (non-hydrogen) atoms. The van der Waals surface area contributed by atoms with Crippen molar-refractivity contribution in [2.45, 2.75) is 40.0 Å². The van der Waals surface area contributed by atoms with Crippen LogP contribution in [0, 0.1) is 24.7 Å². The number of pyridine rings is 1. The molecule has 0 aliphatic carbocycles. The average molecular weight is 487 g/mol. The number of Topliss-reactive ketones (excluding diaryl/α,β-unsaturated/α-hetero) is 1.